The van der Waals surface area contributed by atoms with Crippen molar-refractivity contribution in [3.05, 3.63) is 48.2 Å². The standard InChI is InChI=1S/C17H22N2O/c1-4-18-13(2)11-14-5-7-15(8-6-14)16-9-10-17(20-3)19-12-16/h5-10,12-13,18H,4,11H2,1-3H3. The van der Waals surface area contributed by atoms with E-state index < -0.39 is 0 Å². The van der Waals surface area contributed by atoms with Gasteiger partial charge in [-0.05, 0) is 37.1 Å². The van der Waals surface area contributed by atoms with Gasteiger partial charge in [-0.1, -0.05) is 31.2 Å². The fraction of sp³-hybridized carbons (Fsp3) is 0.353. The molecule has 1 N–H and O–H groups in total. The van der Waals surface area contributed by atoms with Crippen molar-refractivity contribution < 1.29 is 4.74 Å². The zero-order valence-corrected chi connectivity index (χ0v) is 12.4. The highest BCUT2D eigenvalue weighted by molar-refractivity contribution is 5.63. The van der Waals surface area contributed by atoms with Crippen LogP contribution in [-0.4, -0.2) is 24.7 Å². The molecule has 1 atom stereocenters. The van der Waals surface area contributed by atoms with Crippen molar-refractivity contribution in [2.24, 2.45) is 0 Å². The molecule has 20 heavy (non-hydrogen) atoms. The summed E-state index contributed by atoms with van der Waals surface area (Å²) < 4.78 is 5.07. The van der Waals surface area contributed by atoms with Crippen LogP contribution in [0.4, 0.5) is 0 Å². The van der Waals surface area contributed by atoms with E-state index >= 15 is 0 Å². The second-order valence-electron chi connectivity index (χ2n) is 4.95. The zero-order chi connectivity index (χ0) is 14.4. The molecule has 0 amide bonds. The first kappa shape index (κ1) is 14.5. The summed E-state index contributed by atoms with van der Waals surface area (Å²) in [6.07, 6.45) is 2.89. The number of pyridine rings is 1. The van der Waals surface area contributed by atoms with Crippen LogP contribution in [-0.2, 0) is 6.42 Å². The summed E-state index contributed by atoms with van der Waals surface area (Å²) in [6, 6.07) is 13.1. The van der Waals surface area contributed by atoms with Crippen molar-refractivity contribution in [3.63, 3.8) is 0 Å². The number of benzene rings is 1. The van der Waals surface area contributed by atoms with Crippen molar-refractivity contribution in [3.8, 4) is 17.0 Å². The molecule has 1 aromatic heterocycles. The molecular weight excluding hydrogens is 248 g/mol. The molecule has 3 nitrogen and oxygen atoms in total. The van der Waals surface area contributed by atoms with Crippen LogP contribution in [0, 0.1) is 0 Å². The molecule has 1 heterocycles. The Hall–Kier alpha value is -1.87. The number of ether oxygens (including phenoxy) is 1. The maximum atomic E-state index is 5.07. The number of hydrogen-bond acceptors (Lipinski definition) is 3. The molecule has 0 aliphatic carbocycles. The second-order valence-corrected chi connectivity index (χ2v) is 4.95. The smallest absolute Gasteiger partial charge is 0.212 e. The Morgan fingerprint density at radius 1 is 1.10 bits per heavy atom. The van der Waals surface area contributed by atoms with Crippen LogP contribution < -0.4 is 10.1 Å². The lowest BCUT2D eigenvalue weighted by molar-refractivity contribution is 0.398. The molecule has 1 unspecified atom stereocenters. The fourth-order valence-corrected chi connectivity index (χ4v) is 2.28. The van der Waals surface area contributed by atoms with E-state index in [9.17, 15) is 0 Å². The quantitative estimate of drug-likeness (QED) is 0.874. The van der Waals surface area contributed by atoms with Crippen LogP contribution in [0.1, 0.15) is 19.4 Å². The minimum atomic E-state index is 0.508. The number of aromatic nitrogens is 1. The normalized spacial score (nSPS) is 12.2. The molecule has 2 rings (SSSR count). The van der Waals surface area contributed by atoms with Crippen LogP contribution in [0.25, 0.3) is 11.1 Å². The number of nitrogens with zero attached hydrogens (tertiary/aromatic N) is 1. The maximum Gasteiger partial charge on any atom is 0.212 e. The minimum absolute atomic E-state index is 0.508. The first-order valence-electron chi connectivity index (χ1n) is 7.05. The van der Waals surface area contributed by atoms with Gasteiger partial charge in [-0.15, -0.1) is 0 Å². The maximum absolute atomic E-state index is 5.07. The Morgan fingerprint density at radius 3 is 2.35 bits per heavy atom. The van der Waals surface area contributed by atoms with Crippen LogP contribution >= 0.6 is 0 Å². The van der Waals surface area contributed by atoms with Gasteiger partial charge in [0.2, 0.25) is 5.88 Å². The molecular formula is C17H22N2O. The highest BCUT2D eigenvalue weighted by Gasteiger charge is 2.03. The van der Waals surface area contributed by atoms with Gasteiger partial charge in [-0.3, -0.25) is 0 Å². The second kappa shape index (κ2) is 7.06. The first-order valence-corrected chi connectivity index (χ1v) is 7.05. The topological polar surface area (TPSA) is 34.1 Å². The van der Waals surface area contributed by atoms with Crippen molar-refractivity contribution in [1.82, 2.24) is 10.3 Å². The largest absolute Gasteiger partial charge is 0.481 e. The van der Waals surface area contributed by atoms with Gasteiger partial charge in [0.05, 0.1) is 7.11 Å². The number of hydrogen-bond donors (Lipinski definition) is 1. The monoisotopic (exact) mass is 270 g/mol. The van der Waals surface area contributed by atoms with E-state index in [1.54, 1.807) is 7.11 Å². The van der Waals surface area contributed by atoms with E-state index in [4.69, 9.17) is 4.74 Å². The third-order valence-corrected chi connectivity index (χ3v) is 3.33. The van der Waals surface area contributed by atoms with E-state index in [-0.39, 0.29) is 0 Å². The molecule has 0 spiro atoms. The highest BCUT2D eigenvalue weighted by Crippen LogP contribution is 2.21. The molecule has 0 radical (unpaired) electrons. The molecule has 0 bridgehead atoms. The minimum Gasteiger partial charge on any atom is -0.481 e. The molecule has 1 aromatic carbocycles. The van der Waals surface area contributed by atoms with Gasteiger partial charge in [0.15, 0.2) is 0 Å². The number of rotatable bonds is 6. The summed E-state index contributed by atoms with van der Waals surface area (Å²) in [5, 5.41) is 3.43. The summed E-state index contributed by atoms with van der Waals surface area (Å²) >= 11 is 0. The van der Waals surface area contributed by atoms with E-state index in [0.717, 1.165) is 18.5 Å². The Kier molecular flexibility index (Phi) is 5.13. The summed E-state index contributed by atoms with van der Waals surface area (Å²) in [7, 11) is 1.63. The van der Waals surface area contributed by atoms with Gasteiger partial charge < -0.3 is 10.1 Å². The van der Waals surface area contributed by atoms with Crippen molar-refractivity contribution in [2.75, 3.05) is 13.7 Å². The third-order valence-electron chi connectivity index (χ3n) is 3.33. The van der Waals surface area contributed by atoms with E-state index in [1.165, 1.54) is 11.1 Å². The van der Waals surface area contributed by atoms with Gasteiger partial charge in [0.25, 0.3) is 0 Å². The third kappa shape index (κ3) is 3.81. The molecule has 2 aromatic rings. The molecule has 3 heteroatoms. The fourth-order valence-electron chi connectivity index (χ4n) is 2.28. The van der Waals surface area contributed by atoms with Crippen molar-refractivity contribution in [1.29, 1.82) is 0 Å². The van der Waals surface area contributed by atoms with Gasteiger partial charge in [-0.2, -0.15) is 0 Å². The predicted octanol–water partition coefficient (Wildman–Crippen LogP) is 3.30. The van der Waals surface area contributed by atoms with Crippen LogP contribution in [0.15, 0.2) is 42.6 Å². The van der Waals surface area contributed by atoms with Crippen molar-refractivity contribution in [2.45, 2.75) is 26.3 Å². The lowest BCUT2D eigenvalue weighted by atomic mass is 10.0. The Morgan fingerprint density at radius 2 is 1.80 bits per heavy atom. The van der Waals surface area contributed by atoms with Crippen LogP contribution in [0.2, 0.25) is 0 Å². The molecule has 106 valence electrons. The lowest BCUT2D eigenvalue weighted by Crippen LogP contribution is -2.27. The Labute approximate surface area is 121 Å². The van der Waals surface area contributed by atoms with E-state index in [1.807, 2.05) is 18.3 Å². The van der Waals surface area contributed by atoms with Crippen LogP contribution in [0.3, 0.4) is 0 Å². The Balaban J connectivity index is 2.07. The molecule has 0 aliphatic rings. The summed E-state index contributed by atoms with van der Waals surface area (Å²) in [6.45, 7) is 5.36. The average Bonchev–Trinajstić information content (AvgIpc) is 2.48. The van der Waals surface area contributed by atoms with Gasteiger partial charge in [0.1, 0.15) is 0 Å². The first-order chi connectivity index (χ1) is 9.72. The molecule has 0 fully saturated rings. The molecule has 0 saturated carbocycles. The van der Waals surface area contributed by atoms with Crippen molar-refractivity contribution >= 4 is 0 Å². The number of likely N-dealkylation sites (N-methyl/N-ethyl adjacent to an activating group) is 1. The zero-order valence-electron chi connectivity index (χ0n) is 12.4. The van der Waals surface area contributed by atoms with Gasteiger partial charge in [0, 0.05) is 23.9 Å². The van der Waals surface area contributed by atoms with Gasteiger partial charge >= 0.3 is 0 Å². The SMILES string of the molecule is CCNC(C)Cc1ccc(-c2ccc(OC)nc2)cc1. The number of nitrogens with one attached hydrogen (secondary N) is 1. The van der Waals surface area contributed by atoms with E-state index in [2.05, 4.69) is 48.4 Å². The average molecular weight is 270 g/mol. The summed E-state index contributed by atoms with van der Waals surface area (Å²) in [5.41, 5.74) is 3.64. The summed E-state index contributed by atoms with van der Waals surface area (Å²) in [4.78, 5) is 4.24. The molecule has 0 aliphatic heterocycles. The Bertz CT molecular complexity index is 520. The highest BCUT2D eigenvalue weighted by atomic mass is 16.5. The summed E-state index contributed by atoms with van der Waals surface area (Å²) in [5.74, 6) is 0.643. The van der Waals surface area contributed by atoms with Gasteiger partial charge in [-0.25, -0.2) is 4.98 Å². The predicted molar refractivity (Wildman–Crippen MR) is 83.1 cm³/mol. The molecule has 0 saturated heterocycles. The number of methoxy groups -OCH3 is 1. The van der Waals surface area contributed by atoms with Crippen LogP contribution in [0.5, 0.6) is 5.88 Å². The van der Waals surface area contributed by atoms with E-state index in [0.29, 0.717) is 11.9 Å². The lowest BCUT2D eigenvalue weighted by Gasteiger charge is -2.12.